The average molecular weight is 407 g/mol. The van der Waals surface area contributed by atoms with Crippen molar-refractivity contribution >= 4 is 17.7 Å². The molecule has 1 atom stereocenters. The lowest BCUT2D eigenvalue weighted by Crippen LogP contribution is -2.34. The van der Waals surface area contributed by atoms with E-state index in [9.17, 15) is 14.4 Å². The van der Waals surface area contributed by atoms with Crippen molar-refractivity contribution < 1.29 is 23.9 Å². The van der Waals surface area contributed by atoms with Crippen LogP contribution in [0.1, 0.15) is 109 Å². The van der Waals surface area contributed by atoms with Crippen molar-refractivity contribution in [2.45, 2.75) is 121 Å². The van der Waals surface area contributed by atoms with Crippen LogP contribution in [0, 0.1) is 11.8 Å². The Labute approximate surface area is 175 Å². The Morgan fingerprint density at radius 2 is 1.14 bits per heavy atom. The number of carbonyl (C=O) groups excluding carboxylic acids is 3. The number of esters is 2. The van der Waals surface area contributed by atoms with E-state index in [1.807, 2.05) is 0 Å². The number of carbonyl (C=O) groups is 3. The van der Waals surface area contributed by atoms with Gasteiger partial charge in [0.25, 0.3) is 0 Å². The molecule has 0 aromatic carbocycles. The molecule has 0 spiro atoms. The molecule has 3 rings (SSSR count). The number of rotatable bonds is 8. The fourth-order valence-corrected chi connectivity index (χ4v) is 5.16. The lowest BCUT2D eigenvalue weighted by Gasteiger charge is -2.26. The molecule has 0 amide bonds. The molecule has 1 unspecified atom stereocenters. The Hall–Kier alpha value is -1.39. The van der Waals surface area contributed by atoms with E-state index >= 15 is 0 Å². The standard InChI is InChI=1S/C24H38O5/c25-22(16-18-10-4-1-5-11-18)21(24(27)29-20-14-8-3-9-15-20)17-23(26)28-19-12-6-2-7-13-19/h18-21H,1-17H2. The molecule has 5 nitrogen and oxygen atoms in total. The molecule has 0 saturated heterocycles. The minimum atomic E-state index is -0.991. The third-order valence-corrected chi connectivity index (χ3v) is 6.94. The summed E-state index contributed by atoms with van der Waals surface area (Å²) in [6.07, 6.45) is 15.8. The van der Waals surface area contributed by atoms with Gasteiger partial charge in [-0.15, -0.1) is 0 Å². The Balaban J connectivity index is 1.58. The van der Waals surface area contributed by atoms with Crippen molar-refractivity contribution in [3.05, 3.63) is 0 Å². The van der Waals surface area contributed by atoms with E-state index in [1.54, 1.807) is 0 Å². The fraction of sp³-hybridized carbons (Fsp3) is 0.875. The van der Waals surface area contributed by atoms with Gasteiger partial charge in [0.15, 0.2) is 0 Å². The molecule has 0 aromatic rings. The van der Waals surface area contributed by atoms with Crippen molar-refractivity contribution in [2.24, 2.45) is 11.8 Å². The van der Waals surface area contributed by atoms with Crippen LogP contribution in [0.2, 0.25) is 0 Å². The van der Waals surface area contributed by atoms with Crippen LogP contribution in [0.5, 0.6) is 0 Å². The number of Topliss-reactive ketones (excluding diaryl/α,β-unsaturated/α-hetero) is 1. The number of hydrogen-bond donors (Lipinski definition) is 0. The summed E-state index contributed by atoms with van der Waals surface area (Å²) in [4.78, 5) is 38.4. The number of hydrogen-bond acceptors (Lipinski definition) is 5. The van der Waals surface area contributed by atoms with Crippen molar-refractivity contribution in [3.8, 4) is 0 Å². The maximum Gasteiger partial charge on any atom is 0.317 e. The molecule has 0 bridgehead atoms. The lowest BCUT2D eigenvalue weighted by atomic mass is 9.83. The molecule has 3 fully saturated rings. The molecular weight excluding hydrogens is 368 g/mol. The molecule has 29 heavy (non-hydrogen) atoms. The first kappa shape index (κ1) is 22.3. The second kappa shape index (κ2) is 11.7. The summed E-state index contributed by atoms with van der Waals surface area (Å²) < 4.78 is 11.3. The minimum Gasteiger partial charge on any atom is -0.462 e. The largest absolute Gasteiger partial charge is 0.462 e. The van der Waals surface area contributed by atoms with E-state index < -0.39 is 17.9 Å². The SMILES string of the molecule is O=C(CC(C(=O)CC1CCCCC1)C(=O)OC1CCCCC1)OC1CCCCC1. The van der Waals surface area contributed by atoms with E-state index in [2.05, 4.69) is 0 Å². The highest BCUT2D eigenvalue weighted by molar-refractivity contribution is 6.01. The maximum absolute atomic E-state index is 13.0. The van der Waals surface area contributed by atoms with Crippen LogP contribution in [-0.2, 0) is 23.9 Å². The van der Waals surface area contributed by atoms with Gasteiger partial charge in [-0.3, -0.25) is 14.4 Å². The van der Waals surface area contributed by atoms with E-state index in [1.165, 1.54) is 19.3 Å². The van der Waals surface area contributed by atoms with Crippen molar-refractivity contribution in [3.63, 3.8) is 0 Å². The van der Waals surface area contributed by atoms with E-state index in [-0.39, 0.29) is 24.4 Å². The molecule has 3 aliphatic carbocycles. The summed E-state index contributed by atoms with van der Waals surface area (Å²) in [6.45, 7) is 0. The second-order valence-electron chi connectivity index (χ2n) is 9.38. The van der Waals surface area contributed by atoms with Crippen molar-refractivity contribution in [1.29, 1.82) is 0 Å². The minimum absolute atomic E-state index is 0.0558. The first-order valence-corrected chi connectivity index (χ1v) is 12.0. The molecule has 3 saturated carbocycles. The van der Waals surface area contributed by atoms with Crippen LogP contribution >= 0.6 is 0 Å². The van der Waals surface area contributed by atoms with Crippen LogP contribution in [0.4, 0.5) is 0 Å². The van der Waals surface area contributed by atoms with Crippen LogP contribution in [0.25, 0.3) is 0 Å². The molecule has 0 N–H and O–H groups in total. The van der Waals surface area contributed by atoms with Gasteiger partial charge < -0.3 is 9.47 Å². The third kappa shape index (κ3) is 7.42. The predicted molar refractivity (Wildman–Crippen MR) is 110 cm³/mol. The van der Waals surface area contributed by atoms with Gasteiger partial charge in [-0.2, -0.15) is 0 Å². The summed E-state index contributed by atoms with van der Waals surface area (Å²) in [7, 11) is 0. The Morgan fingerprint density at radius 3 is 1.69 bits per heavy atom. The van der Waals surface area contributed by atoms with Gasteiger partial charge in [-0.05, 0) is 57.3 Å². The van der Waals surface area contributed by atoms with Crippen LogP contribution in [0.15, 0.2) is 0 Å². The monoisotopic (exact) mass is 406 g/mol. The Bertz CT molecular complexity index is 507. The lowest BCUT2D eigenvalue weighted by molar-refractivity contribution is -0.165. The van der Waals surface area contributed by atoms with Gasteiger partial charge in [0.05, 0.1) is 6.42 Å². The highest BCUT2D eigenvalue weighted by atomic mass is 16.6. The van der Waals surface area contributed by atoms with Gasteiger partial charge in [-0.25, -0.2) is 0 Å². The molecule has 0 aromatic heterocycles. The Kier molecular flexibility index (Phi) is 9.00. The summed E-state index contributed by atoms with van der Waals surface area (Å²) >= 11 is 0. The maximum atomic E-state index is 13.0. The topological polar surface area (TPSA) is 69.7 Å². The normalized spacial score (nSPS) is 23.3. The zero-order valence-electron chi connectivity index (χ0n) is 17.9. The molecule has 0 aliphatic heterocycles. The van der Waals surface area contributed by atoms with Gasteiger partial charge in [0, 0.05) is 6.42 Å². The van der Waals surface area contributed by atoms with Crippen LogP contribution < -0.4 is 0 Å². The molecular formula is C24H38O5. The van der Waals surface area contributed by atoms with Crippen molar-refractivity contribution in [2.75, 3.05) is 0 Å². The average Bonchev–Trinajstić information content (AvgIpc) is 2.74. The van der Waals surface area contributed by atoms with Gasteiger partial charge in [0.1, 0.15) is 23.9 Å². The van der Waals surface area contributed by atoms with E-state index in [0.717, 1.165) is 77.0 Å². The van der Waals surface area contributed by atoms with Crippen molar-refractivity contribution in [1.82, 2.24) is 0 Å². The van der Waals surface area contributed by atoms with E-state index in [0.29, 0.717) is 12.3 Å². The van der Waals surface area contributed by atoms with Gasteiger partial charge in [0.2, 0.25) is 0 Å². The summed E-state index contributed by atoms with van der Waals surface area (Å²) in [5.74, 6) is -1.69. The Morgan fingerprint density at radius 1 is 0.655 bits per heavy atom. The fourth-order valence-electron chi connectivity index (χ4n) is 5.16. The third-order valence-electron chi connectivity index (χ3n) is 6.94. The smallest absolute Gasteiger partial charge is 0.317 e. The number of ether oxygens (including phenoxy) is 2. The van der Waals surface area contributed by atoms with Crippen LogP contribution in [0.3, 0.4) is 0 Å². The molecule has 0 heterocycles. The quantitative estimate of drug-likeness (QED) is 0.405. The molecule has 164 valence electrons. The zero-order chi connectivity index (χ0) is 20.5. The highest BCUT2D eigenvalue weighted by Gasteiger charge is 2.35. The summed E-state index contributed by atoms with van der Waals surface area (Å²) in [5, 5.41) is 0. The summed E-state index contributed by atoms with van der Waals surface area (Å²) in [6, 6.07) is 0. The first-order valence-electron chi connectivity index (χ1n) is 12.0. The van der Waals surface area contributed by atoms with Gasteiger partial charge in [-0.1, -0.05) is 44.9 Å². The number of ketones is 1. The summed E-state index contributed by atoms with van der Waals surface area (Å²) in [5.41, 5.74) is 0. The van der Waals surface area contributed by atoms with E-state index in [4.69, 9.17) is 9.47 Å². The molecule has 5 heteroatoms. The second-order valence-corrected chi connectivity index (χ2v) is 9.38. The highest BCUT2D eigenvalue weighted by Crippen LogP contribution is 2.29. The molecule has 0 radical (unpaired) electrons. The zero-order valence-corrected chi connectivity index (χ0v) is 17.9. The predicted octanol–water partition coefficient (Wildman–Crippen LogP) is 5.28. The van der Waals surface area contributed by atoms with Gasteiger partial charge >= 0.3 is 11.9 Å². The van der Waals surface area contributed by atoms with Crippen LogP contribution in [-0.4, -0.2) is 29.9 Å². The molecule has 3 aliphatic rings. The first-order chi connectivity index (χ1) is 14.1.